The number of aromatic nitrogens is 2. The molecule has 1 amide bonds. The van der Waals surface area contributed by atoms with Crippen molar-refractivity contribution in [3.63, 3.8) is 0 Å². The van der Waals surface area contributed by atoms with Crippen molar-refractivity contribution in [3.8, 4) is 17.0 Å². The highest BCUT2D eigenvalue weighted by Gasteiger charge is 2.35. The molecule has 154 valence electrons. The SMILES string of the molecule is CC(C)(C)OC(=O)N1CCC(C2Cc3cc(-c4ccnc(N)c4)ncc3O2)CC1. The van der Waals surface area contributed by atoms with Crippen LogP contribution in [0.1, 0.15) is 39.2 Å². The quantitative estimate of drug-likeness (QED) is 0.833. The molecule has 2 aromatic rings. The number of carbonyl (C=O) groups excluding carboxylic acids is 1. The van der Waals surface area contributed by atoms with Crippen molar-refractivity contribution in [2.75, 3.05) is 18.8 Å². The molecule has 4 heterocycles. The molecule has 0 aliphatic carbocycles. The number of nitrogens with two attached hydrogens (primary N) is 1. The van der Waals surface area contributed by atoms with E-state index in [9.17, 15) is 4.79 Å². The number of ether oxygens (including phenoxy) is 2. The number of fused-ring (bicyclic) bond motifs is 1. The molecule has 0 aromatic carbocycles. The number of carbonyl (C=O) groups is 1. The van der Waals surface area contributed by atoms with Crippen molar-refractivity contribution in [2.45, 2.75) is 51.7 Å². The van der Waals surface area contributed by atoms with Crippen LogP contribution in [-0.4, -0.2) is 45.8 Å². The van der Waals surface area contributed by atoms with E-state index in [1.165, 1.54) is 5.56 Å². The average molecular weight is 396 g/mol. The third-order valence-corrected chi connectivity index (χ3v) is 5.44. The van der Waals surface area contributed by atoms with Crippen molar-refractivity contribution in [3.05, 3.63) is 36.2 Å². The van der Waals surface area contributed by atoms with Crippen LogP contribution >= 0.6 is 0 Å². The van der Waals surface area contributed by atoms with Gasteiger partial charge in [0.15, 0.2) is 0 Å². The number of likely N-dealkylation sites (tertiary alicyclic amines) is 1. The molecule has 0 spiro atoms. The molecule has 2 N–H and O–H groups in total. The lowest BCUT2D eigenvalue weighted by Crippen LogP contribution is -2.44. The Balaban J connectivity index is 1.37. The zero-order valence-corrected chi connectivity index (χ0v) is 17.2. The molecule has 7 heteroatoms. The summed E-state index contributed by atoms with van der Waals surface area (Å²) in [4.78, 5) is 22.6. The second kappa shape index (κ2) is 7.54. The number of hydrogen-bond acceptors (Lipinski definition) is 6. The van der Waals surface area contributed by atoms with Crippen molar-refractivity contribution in [1.82, 2.24) is 14.9 Å². The number of rotatable bonds is 2. The van der Waals surface area contributed by atoms with Gasteiger partial charge < -0.3 is 20.1 Å². The summed E-state index contributed by atoms with van der Waals surface area (Å²) < 4.78 is 11.7. The Hall–Kier alpha value is -2.83. The maximum atomic E-state index is 12.3. The number of amides is 1. The summed E-state index contributed by atoms with van der Waals surface area (Å²) in [6.07, 6.45) is 6.09. The summed E-state index contributed by atoms with van der Waals surface area (Å²) in [6, 6.07) is 5.82. The molecule has 1 atom stereocenters. The topological polar surface area (TPSA) is 90.6 Å². The molecular weight excluding hydrogens is 368 g/mol. The zero-order chi connectivity index (χ0) is 20.6. The molecule has 0 radical (unpaired) electrons. The first kappa shape index (κ1) is 19.5. The molecule has 1 unspecified atom stereocenters. The average Bonchev–Trinajstić information content (AvgIpc) is 3.10. The summed E-state index contributed by atoms with van der Waals surface area (Å²) >= 11 is 0. The van der Waals surface area contributed by atoms with E-state index >= 15 is 0 Å². The van der Waals surface area contributed by atoms with Crippen molar-refractivity contribution in [1.29, 1.82) is 0 Å². The van der Waals surface area contributed by atoms with Crippen molar-refractivity contribution >= 4 is 11.9 Å². The van der Waals surface area contributed by atoms with Gasteiger partial charge in [-0.25, -0.2) is 9.78 Å². The van der Waals surface area contributed by atoms with E-state index in [4.69, 9.17) is 15.2 Å². The Morgan fingerprint density at radius 2 is 2.00 bits per heavy atom. The van der Waals surface area contributed by atoms with Gasteiger partial charge in [-0.15, -0.1) is 0 Å². The minimum absolute atomic E-state index is 0.130. The first-order valence-electron chi connectivity index (χ1n) is 10.1. The summed E-state index contributed by atoms with van der Waals surface area (Å²) in [7, 11) is 0. The Kier molecular flexibility index (Phi) is 5.06. The fourth-order valence-electron chi connectivity index (χ4n) is 3.98. The summed E-state index contributed by atoms with van der Waals surface area (Å²) in [5, 5.41) is 0. The second-order valence-electron chi connectivity index (χ2n) is 8.81. The molecule has 2 aliphatic rings. The Morgan fingerprint density at radius 1 is 1.24 bits per heavy atom. The molecule has 1 saturated heterocycles. The van der Waals surface area contributed by atoms with Crippen molar-refractivity contribution in [2.24, 2.45) is 5.92 Å². The molecule has 2 aliphatic heterocycles. The predicted molar refractivity (Wildman–Crippen MR) is 111 cm³/mol. The van der Waals surface area contributed by atoms with Gasteiger partial charge in [-0.3, -0.25) is 4.98 Å². The summed E-state index contributed by atoms with van der Waals surface area (Å²) in [6.45, 7) is 7.09. The minimum atomic E-state index is -0.464. The van der Waals surface area contributed by atoms with E-state index in [1.807, 2.05) is 32.9 Å². The number of pyridine rings is 2. The third kappa shape index (κ3) is 4.44. The number of hydrogen-bond donors (Lipinski definition) is 1. The van der Waals surface area contributed by atoms with Gasteiger partial charge in [-0.2, -0.15) is 0 Å². The molecule has 29 heavy (non-hydrogen) atoms. The number of anilines is 1. The van der Waals surface area contributed by atoms with Crippen LogP contribution in [0.15, 0.2) is 30.6 Å². The maximum absolute atomic E-state index is 12.3. The standard InChI is InChI=1S/C22H28N4O3/c1-22(2,3)29-21(27)26-8-5-14(6-9-26)18-11-16-10-17(25-13-19(16)28-18)15-4-7-24-20(23)12-15/h4,7,10,12-14,18H,5-6,8-9,11H2,1-3H3,(H2,23,24). The van der Waals surface area contributed by atoms with E-state index in [0.29, 0.717) is 24.8 Å². The van der Waals surface area contributed by atoms with Crippen molar-refractivity contribution < 1.29 is 14.3 Å². The molecular formula is C22H28N4O3. The van der Waals surface area contributed by atoms with Gasteiger partial charge in [-0.05, 0) is 57.7 Å². The van der Waals surface area contributed by atoms with E-state index in [1.54, 1.807) is 17.3 Å². The van der Waals surface area contributed by atoms with Crippen LogP contribution in [-0.2, 0) is 11.2 Å². The summed E-state index contributed by atoms with van der Waals surface area (Å²) in [5.41, 5.74) is 8.33. The Bertz CT molecular complexity index is 901. The van der Waals surface area contributed by atoms with E-state index in [0.717, 1.165) is 36.3 Å². The Labute approximate surface area is 171 Å². The molecule has 1 fully saturated rings. The highest BCUT2D eigenvalue weighted by atomic mass is 16.6. The van der Waals surface area contributed by atoms with Gasteiger partial charge in [0.05, 0.1) is 11.9 Å². The van der Waals surface area contributed by atoms with Crippen LogP contribution in [0.2, 0.25) is 0 Å². The van der Waals surface area contributed by atoms with Gasteiger partial charge in [0.2, 0.25) is 0 Å². The highest BCUT2D eigenvalue weighted by molar-refractivity contribution is 5.68. The van der Waals surface area contributed by atoms with Gasteiger partial charge in [0, 0.05) is 36.8 Å². The fraction of sp³-hybridized carbons (Fsp3) is 0.500. The largest absolute Gasteiger partial charge is 0.488 e. The first-order valence-corrected chi connectivity index (χ1v) is 10.1. The number of nitrogens with zero attached hydrogens (tertiary/aromatic N) is 3. The van der Waals surface area contributed by atoms with E-state index in [2.05, 4.69) is 16.0 Å². The lowest BCUT2D eigenvalue weighted by atomic mass is 9.89. The number of piperidine rings is 1. The fourth-order valence-corrected chi connectivity index (χ4v) is 3.98. The molecule has 0 bridgehead atoms. The van der Waals surface area contributed by atoms with Gasteiger partial charge in [0.25, 0.3) is 0 Å². The first-order chi connectivity index (χ1) is 13.8. The smallest absolute Gasteiger partial charge is 0.410 e. The normalized spacial score (nSPS) is 19.6. The number of nitrogen functional groups attached to an aromatic ring is 1. The lowest BCUT2D eigenvalue weighted by Gasteiger charge is -2.35. The van der Waals surface area contributed by atoms with Crippen LogP contribution in [0.25, 0.3) is 11.3 Å². The lowest BCUT2D eigenvalue weighted by molar-refractivity contribution is 0.0123. The summed E-state index contributed by atoms with van der Waals surface area (Å²) in [5.74, 6) is 1.76. The third-order valence-electron chi connectivity index (χ3n) is 5.44. The van der Waals surface area contributed by atoms with Gasteiger partial charge in [0.1, 0.15) is 23.3 Å². The minimum Gasteiger partial charge on any atom is -0.488 e. The highest BCUT2D eigenvalue weighted by Crippen LogP contribution is 2.36. The van der Waals surface area contributed by atoms with Crippen LogP contribution in [0.5, 0.6) is 5.75 Å². The van der Waals surface area contributed by atoms with Crippen LogP contribution < -0.4 is 10.5 Å². The van der Waals surface area contributed by atoms with Crippen LogP contribution in [0.3, 0.4) is 0 Å². The maximum Gasteiger partial charge on any atom is 0.410 e. The van der Waals surface area contributed by atoms with Crippen LogP contribution in [0.4, 0.5) is 10.6 Å². The van der Waals surface area contributed by atoms with Gasteiger partial charge >= 0.3 is 6.09 Å². The molecule has 0 saturated carbocycles. The Morgan fingerprint density at radius 3 is 2.69 bits per heavy atom. The van der Waals surface area contributed by atoms with Gasteiger partial charge in [-0.1, -0.05) is 0 Å². The van der Waals surface area contributed by atoms with Crippen LogP contribution in [0, 0.1) is 5.92 Å². The van der Waals surface area contributed by atoms with E-state index < -0.39 is 5.60 Å². The predicted octanol–water partition coefficient (Wildman–Crippen LogP) is 3.68. The zero-order valence-electron chi connectivity index (χ0n) is 17.2. The monoisotopic (exact) mass is 396 g/mol. The molecule has 4 rings (SSSR count). The second-order valence-corrected chi connectivity index (χ2v) is 8.81. The van der Waals surface area contributed by atoms with E-state index in [-0.39, 0.29) is 12.2 Å². The molecule has 2 aromatic heterocycles. The molecule has 7 nitrogen and oxygen atoms in total.